The van der Waals surface area contributed by atoms with Crippen LogP contribution in [-0.2, 0) is 17.9 Å². The fourth-order valence-electron chi connectivity index (χ4n) is 2.87. The molecule has 0 bridgehead atoms. The third-order valence-corrected chi connectivity index (χ3v) is 8.87. The molecule has 0 unspecified atom stereocenters. The first-order chi connectivity index (χ1) is 10.1. The van der Waals surface area contributed by atoms with Gasteiger partial charge in [0.15, 0.2) is 0 Å². The van der Waals surface area contributed by atoms with Gasteiger partial charge in [-0.2, -0.15) is 0 Å². The molecule has 1 aliphatic rings. The molecule has 0 nitrogen and oxygen atoms in total. The number of rotatable bonds is 3. The summed E-state index contributed by atoms with van der Waals surface area (Å²) in [5.74, 6) is 0. The van der Waals surface area contributed by atoms with Crippen LogP contribution in [0.5, 0.6) is 0 Å². The Labute approximate surface area is 134 Å². The molecular weight excluding hydrogens is 288 g/mol. The van der Waals surface area contributed by atoms with E-state index in [1.165, 1.54) is 16.7 Å². The quantitative estimate of drug-likeness (QED) is 0.749. The molecule has 0 aliphatic heterocycles. The van der Waals surface area contributed by atoms with Gasteiger partial charge in [-0.1, -0.05) is 0 Å². The molecule has 0 saturated heterocycles. The van der Waals surface area contributed by atoms with E-state index in [2.05, 4.69) is 81.5 Å². The van der Waals surface area contributed by atoms with Crippen LogP contribution in [0.15, 0.2) is 70.1 Å². The molecule has 2 aromatic carbocycles. The minimum atomic E-state index is -1.62. The molecule has 0 N–H and O–H groups in total. The maximum atomic E-state index is 2.35. The first kappa shape index (κ1) is 14.6. The third-order valence-electron chi connectivity index (χ3n) is 4.15. The summed E-state index contributed by atoms with van der Waals surface area (Å²) in [7, 11) is 0. The Morgan fingerprint density at radius 2 is 1.19 bits per heavy atom. The zero-order valence-corrected chi connectivity index (χ0v) is 14.5. The van der Waals surface area contributed by atoms with E-state index in [0.29, 0.717) is 0 Å². The molecule has 0 amide bonds. The van der Waals surface area contributed by atoms with E-state index in [4.69, 9.17) is 0 Å². The van der Waals surface area contributed by atoms with E-state index in [-0.39, 0.29) is 0 Å². The fraction of sp³-hybridized carbons (Fsp3) is 0.200. The maximum absolute atomic E-state index is 2.35. The van der Waals surface area contributed by atoms with Crippen molar-refractivity contribution >= 4 is 7.74 Å². The molecular formula is C20H21Ti. The normalized spacial score (nSPS) is 13.9. The van der Waals surface area contributed by atoms with Crippen molar-refractivity contribution in [3.05, 3.63) is 81.3 Å². The number of allylic oxidation sites excluding steroid dienone is 4. The average molecular weight is 309 g/mol. The molecule has 21 heavy (non-hydrogen) atoms. The Kier molecular flexibility index (Phi) is 4.28. The van der Waals surface area contributed by atoms with Crippen LogP contribution in [0.25, 0.3) is 0 Å². The van der Waals surface area contributed by atoms with Gasteiger partial charge >= 0.3 is 134 Å². The van der Waals surface area contributed by atoms with Crippen molar-refractivity contribution in [2.24, 2.45) is 0 Å². The van der Waals surface area contributed by atoms with Crippen molar-refractivity contribution in [1.82, 2.24) is 0 Å². The van der Waals surface area contributed by atoms with Crippen molar-refractivity contribution in [2.75, 3.05) is 0 Å². The Hall–Kier alpha value is -1.37. The van der Waals surface area contributed by atoms with E-state index in [0.717, 1.165) is 6.42 Å². The second-order valence-corrected chi connectivity index (χ2v) is 9.79. The van der Waals surface area contributed by atoms with Crippen molar-refractivity contribution in [3.8, 4) is 0 Å². The number of hydrogen-bond donors (Lipinski definition) is 0. The molecule has 2 aromatic rings. The van der Waals surface area contributed by atoms with Gasteiger partial charge in [0.25, 0.3) is 0 Å². The minimum absolute atomic E-state index is 1.14. The summed E-state index contributed by atoms with van der Waals surface area (Å²) < 4.78 is 4.81. The van der Waals surface area contributed by atoms with Gasteiger partial charge in [0.05, 0.1) is 0 Å². The molecule has 3 rings (SSSR count). The molecule has 105 valence electrons. The summed E-state index contributed by atoms with van der Waals surface area (Å²) in [4.78, 5) is 0. The molecule has 0 heterocycles. The van der Waals surface area contributed by atoms with Crippen molar-refractivity contribution < 1.29 is 17.9 Å². The number of hydrogen-bond acceptors (Lipinski definition) is 0. The summed E-state index contributed by atoms with van der Waals surface area (Å²) in [5.41, 5.74) is 4.18. The van der Waals surface area contributed by atoms with Gasteiger partial charge in [0.1, 0.15) is 0 Å². The molecule has 1 aliphatic carbocycles. The van der Waals surface area contributed by atoms with Crippen LogP contribution in [0, 0.1) is 13.8 Å². The van der Waals surface area contributed by atoms with Crippen LogP contribution in [-0.4, -0.2) is 0 Å². The van der Waals surface area contributed by atoms with Crippen molar-refractivity contribution in [2.45, 2.75) is 27.2 Å². The standard InChI is InChI=1S/2C7H7.C6H7.Ti/c2*1-7-5-3-2-4-6-7;1-6-4-2-3-5-6;/h2*3-6H,1H3;2,4H,3H2,1H3;. The van der Waals surface area contributed by atoms with E-state index in [9.17, 15) is 0 Å². The molecule has 0 aromatic heterocycles. The van der Waals surface area contributed by atoms with Crippen LogP contribution in [0.3, 0.4) is 0 Å². The van der Waals surface area contributed by atoms with Gasteiger partial charge in [-0.25, -0.2) is 0 Å². The molecule has 0 atom stereocenters. The third kappa shape index (κ3) is 3.12. The van der Waals surface area contributed by atoms with Crippen molar-refractivity contribution in [3.63, 3.8) is 0 Å². The zero-order chi connectivity index (χ0) is 14.8. The van der Waals surface area contributed by atoms with Crippen LogP contribution in [0.1, 0.15) is 24.5 Å². The summed E-state index contributed by atoms with van der Waals surface area (Å²) in [6, 6.07) is 18.4. The summed E-state index contributed by atoms with van der Waals surface area (Å²) in [5, 5.41) is 0. The van der Waals surface area contributed by atoms with E-state index >= 15 is 0 Å². The molecule has 1 heteroatoms. The van der Waals surface area contributed by atoms with Gasteiger partial charge < -0.3 is 0 Å². The first-order valence-corrected chi connectivity index (χ1v) is 9.87. The summed E-state index contributed by atoms with van der Waals surface area (Å²) in [6.45, 7) is 6.60. The topological polar surface area (TPSA) is 0 Å². The van der Waals surface area contributed by atoms with E-state index in [1.807, 2.05) is 0 Å². The second kappa shape index (κ2) is 6.17. The summed E-state index contributed by atoms with van der Waals surface area (Å²) >= 11 is -1.62. The van der Waals surface area contributed by atoms with Crippen LogP contribution >= 0.6 is 0 Å². The monoisotopic (exact) mass is 309 g/mol. The fourth-order valence-corrected chi connectivity index (χ4v) is 7.29. The number of benzene rings is 2. The SMILES string of the molecule is CC1=[C]([Ti]([c]2ccc(C)cc2)[c]2ccc(C)cc2)CC=C1. The number of aryl methyl sites for hydroxylation is 2. The van der Waals surface area contributed by atoms with E-state index < -0.39 is 17.9 Å². The zero-order valence-electron chi connectivity index (χ0n) is 13.0. The Morgan fingerprint density at radius 1 is 0.714 bits per heavy atom. The molecule has 0 spiro atoms. The van der Waals surface area contributed by atoms with Gasteiger partial charge in [-0.15, -0.1) is 0 Å². The van der Waals surface area contributed by atoms with Crippen LogP contribution < -0.4 is 7.74 Å². The van der Waals surface area contributed by atoms with Gasteiger partial charge in [-0.3, -0.25) is 0 Å². The second-order valence-electron chi connectivity index (χ2n) is 5.88. The Balaban J connectivity index is 2.09. The predicted molar refractivity (Wildman–Crippen MR) is 88.1 cm³/mol. The van der Waals surface area contributed by atoms with Gasteiger partial charge in [0.2, 0.25) is 0 Å². The predicted octanol–water partition coefficient (Wildman–Crippen LogP) is 4.11. The van der Waals surface area contributed by atoms with Crippen molar-refractivity contribution in [1.29, 1.82) is 0 Å². The molecule has 0 saturated carbocycles. The van der Waals surface area contributed by atoms with Gasteiger partial charge in [0, 0.05) is 0 Å². The van der Waals surface area contributed by atoms with Crippen LogP contribution in [0.2, 0.25) is 0 Å². The Morgan fingerprint density at radius 3 is 1.57 bits per heavy atom. The van der Waals surface area contributed by atoms with Crippen LogP contribution in [0.4, 0.5) is 0 Å². The molecule has 0 radical (unpaired) electrons. The Bertz CT molecular complexity index is 642. The first-order valence-electron chi connectivity index (χ1n) is 7.53. The summed E-state index contributed by atoms with van der Waals surface area (Å²) in [6.07, 6.45) is 5.76. The molecule has 0 fully saturated rings. The van der Waals surface area contributed by atoms with E-state index in [1.54, 1.807) is 11.6 Å². The average Bonchev–Trinajstić information content (AvgIpc) is 2.90. The van der Waals surface area contributed by atoms with Gasteiger partial charge in [-0.05, 0) is 0 Å².